The average molecular weight is 274 g/mol. The minimum absolute atomic E-state index is 0.104. The molecule has 0 aliphatic carbocycles. The molecule has 0 radical (unpaired) electrons. The van der Waals surface area contributed by atoms with Crippen molar-refractivity contribution in [1.82, 2.24) is 15.2 Å². The van der Waals surface area contributed by atoms with Gasteiger partial charge in [-0.3, -0.25) is 10.5 Å². The van der Waals surface area contributed by atoms with E-state index >= 15 is 0 Å². The number of hydrogen-bond donors (Lipinski definition) is 2. The monoisotopic (exact) mass is 274 g/mol. The summed E-state index contributed by atoms with van der Waals surface area (Å²) in [4.78, 5) is 0. The molecule has 1 heterocycles. The fourth-order valence-corrected chi connectivity index (χ4v) is 2.29. The molecule has 0 fully saturated rings. The molecule has 0 spiro atoms. The van der Waals surface area contributed by atoms with Gasteiger partial charge in [0.2, 0.25) is 0 Å². The van der Waals surface area contributed by atoms with Gasteiger partial charge in [-0.15, -0.1) is 0 Å². The predicted octanol–water partition coefficient (Wildman–Crippen LogP) is 1.93. The lowest BCUT2D eigenvalue weighted by Crippen LogP contribution is -2.30. The van der Waals surface area contributed by atoms with E-state index in [0.29, 0.717) is 6.61 Å². The van der Waals surface area contributed by atoms with Gasteiger partial charge in [-0.25, -0.2) is 5.43 Å². The molecule has 0 saturated carbocycles. The van der Waals surface area contributed by atoms with Gasteiger partial charge < -0.3 is 4.74 Å². The summed E-state index contributed by atoms with van der Waals surface area (Å²) < 4.78 is 7.41. The Hall–Kier alpha value is -1.85. The van der Waals surface area contributed by atoms with Crippen molar-refractivity contribution in [2.45, 2.75) is 26.3 Å². The zero-order valence-corrected chi connectivity index (χ0v) is 12.3. The molecule has 1 aromatic carbocycles. The first-order chi connectivity index (χ1) is 9.69. The number of nitrogens with zero attached hydrogens (tertiary/aromatic N) is 2. The molecule has 0 aliphatic rings. The maximum Gasteiger partial charge on any atom is 0.119 e. The molecular weight excluding hydrogens is 252 g/mol. The van der Waals surface area contributed by atoms with Crippen LogP contribution in [0, 0.1) is 0 Å². The van der Waals surface area contributed by atoms with Crippen LogP contribution in [0.4, 0.5) is 0 Å². The quantitative estimate of drug-likeness (QED) is 0.624. The maximum absolute atomic E-state index is 5.75. The van der Waals surface area contributed by atoms with E-state index in [-0.39, 0.29) is 6.04 Å². The number of nitrogens with one attached hydrogen (secondary N) is 1. The largest absolute Gasteiger partial charge is 0.494 e. The van der Waals surface area contributed by atoms with Crippen LogP contribution in [0.2, 0.25) is 0 Å². The second kappa shape index (κ2) is 6.54. The molecule has 108 valence electrons. The molecule has 0 bridgehead atoms. The SMILES string of the molecule is CCOc1cccc(C(NN)c2cc(CC)nn2C)c1. The van der Waals surface area contributed by atoms with Gasteiger partial charge >= 0.3 is 0 Å². The summed E-state index contributed by atoms with van der Waals surface area (Å²) in [7, 11) is 1.94. The number of aryl methyl sites for hydroxylation is 2. The minimum Gasteiger partial charge on any atom is -0.494 e. The zero-order chi connectivity index (χ0) is 14.5. The van der Waals surface area contributed by atoms with Gasteiger partial charge in [-0.2, -0.15) is 5.10 Å². The second-order valence-corrected chi connectivity index (χ2v) is 4.64. The third-order valence-corrected chi connectivity index (χ3v) is 3.29. The van der Waals surface area contributed by atoms with Gasteiger partial charge in [-0.05, 0) is 37.1 Å². The van der Waals surface area contributed by atoms with E-state index in [4.69, 9.17) is 10.6 Å². The molecule has 20 heavy (non-hydrogen) atoms. The van der Waals surface area contributed by atoms with Gasteiger partial charge in [-0.1, -0.05) is 19.1 Å². The Kier molecular flexibility index (Phi) is 4.76. The summed E-state index contributed by atoms with van der Waals surface area (Å²) in [6, 6.07) is 9.94. The normalized spacial score (nSPS) is 12.4. The molecular formula is C15H22N4O. The van der Waals surface area contributed by atoms with Crippen molar-refractivity contribution in [2.75, 3.05) is 6.61 Å². The molecule has 1 atom stereocenters. The molecule has 1 unspecified atom stereocenters. The van der Waals surface area contributed by atoms with Crippen molar-refractivity contribution in [3.63, 3.8) is 0 Å². The van der Waals surface area contributed by atoms with Crippen molar-refractivity contribution in [3.05, 3.63) is 47.3 Å². The van der Waals surface area contributed by atoms with E-state index in [2.05, 4.69) is 23.5 Å². The standard InChI is InChI=1S/C15H22N4O/c1-4-12-10-14(19(3)18-12)15(17-16)11-7-6-8-13(9-11)20-5-2/h6-10,15,17H,4-5,16H2,1-3H3. The number of hydrazine groups is 1. The Morgan fingerprint density at radius 1 is 1.35 bits per heavy atom. The Labute approximate surface area is 119 Å². The fraction of sp³-hybridized carbons (Fsp3) is 0.400. The summed E-state index contributed by atoms with van der Waals surface area (Å²) in [6.45, 7) is 4.71. The highest BCUT2D eigenvalue weighted by molar-refractivity contribution is 5.35. The Balaban J connectivity index is 2.35. The van der Waals surface area contributed by atoms with E-state index < -0.39 is 0 Å². The molecule has 1 aromatic heterocycles. The fourth-order valence-electron chi connectivity index (χ4n) is 2.29. The Morgan fingerprint density at radius 3 is 2.75 bits per heavy atom. The van der Waals surface area contributed by atoms with Crippen LogP contribution in [0.15, 0.2) is 30.3 Å². The second-order valence-electron chi connectivity index (χ2n) is 4.64. The third kappa shape index (κ3) is 3.00. The van der Waals surface area contributed by atoms with Gasteiger partial charge in [0.05, 0.1) is 24.0 Å². The molecule has 0 saturated heterocycles. The van der Waals surface area contributed by atoms with Crippen LogP contribution < -0.4 is 16.0 Å². The van der Waals surface area contributed by atoms with Crippen LogP contribution in [0.5, 0.6) is 5.75 Å². The van der Waals surface area contributed by atoms with Crippen molar-refractivity contribution < 1.29 is 4.74 Å². The van der Waals surface area contributed by atoms with E-state index in [1.807, 2.05) is 42.9 Å². The lowest BCUT2D eigenvalue weighted by molar-refractivity contribution is 0.339. The molecule has 5 heteroatoms. The number of aromatic nitrogens is 2. The predicted molar refractivity (Wildman–Crippen MR) is 79.4 cm³/mol. The van der Waals surface area contributed by atoms with Crippen LogP contribution in [0.25, 0.3) is 0 Å². The lowest BCUT2D eigenvalue weighted by Gasteiger charge is -2.17. The third-order valence-electron chi connectivity index (χ3n) is 3.29. The summed E-state index contributed by atoms with van der Waals surface area (Å²) >= 11 is 0. The van der Waals surface area contributed by atoms with Crippen LogP contribution >= 0.6 is 0 Å². The summed E-state index contributed by atoms with van der Waals surface area (Å²) in [5, 5.41) is 4.47. The van der Waals surface area contributed by atoms with Crippen molar-refractivity contribution in [1.29, 1.82) is 0 Å². The zero-order valence-electron chi connectivity index (χ0n) is 12.3. The Bertz CT molecular complexity index is 565. The summed E-state index contributed by atoms with van der Waals surface area (Å²) in [5.41, 5.74) is 6.02. The first-order valence-electron chi connectivity index (χ1n) is 6.91. The van der Waals surface area contributed by atoms with Crippen molar-refractivity contribution in [3.8, 4) is 5.75 Å². The van der Waals surface area contributed by atoms with Crippen molar-refractivity contribution >= 4 is 0 Å². The molecule has 3 N–H and O–H groups in total. The summed E-state index contributed by atoms with van der Waals surface area (Å²) in [6.07, 6.45) is 0.907. The lowest BCUT2D eigenvalue weighted by atomic mass is 10.0. The molecule has 0 amide bonds. The van der Waals surface area contributed by atoms with Crippen LogP contribution in [0.1, 0.15) is 36.8 Å². The highest BCUT2D eigenvalue weighted by atomic mass is 16.5. The van der Waals surface area contributed by atoms with Gasteiger partial charge in [0, 0.05) is 7.05 Å². The van der Waals surface area contributed by atoms with E-state index in [0.717, 1.165) is 29.1 Å². The topological polar surface area (TPSA) is 65.1 Å². The number of nitrogens with two attached hydrogens (primary N) is 1. The van der Waals surface area contributed by atoms with E-state index in [1.165, 1.54) is 0 Å². The first kappa shape index (κ1) is 14.6. The minimum atomic E-state index is -0.104. The number of hydrogen-bond acceptors (Lipinski definition) is 4. The number of benzene rings is 1. The number of ether oxygens (including phenoxy) is 1. The number of rotatable bonds is 6. The average Bonchev–Trinajstić information content (AvgIpc) is 2.82. The van der Waals surface area contributed by atoms with Crippen LogP contribution in [-0.4, -0.2) is 16.4 Å². The van der Waals surface area contributed by atoms with Gasteiger partial charge in [0.15, 0.2) is 0 Å². The molecule has 0 aliphatic heterocycles. The molecule has 5 nitrogen and oxygen atoms in total. The smallest absolute Gasteiger partial charge is 0.119 e. The first-order valence-corrected chi connectivity index (χ1v) is 6.91. The summed E-state index contributed by atoms with van der Waals surface area (Å²) in [5.74, 6) is 6.60. The van der Waals surface area contributed by atoms with Crippen LogP contribution in [0.3, 0.4) is 0 Å². The van der Waals surface area contributed by atoms with Gasteiger partial charge in [0.1, 0.15) is 5.75 Å². The van der Waals surface area contributed by atoms with Crippen LogP contribution in [-0.2, 0) is 13.5 Å². The van der Waals surface area contributed by atoms with E-state index in [1.54, 1.807) is 0 Å². The highest BCUT2D eigenvalue weighted by Crippen LogP contribution is 2.25. The highest BCUT2D eigenvalue weighted by Gasteiger charge is 2.17. The van der Waals surface area contributed by atoms with E-state index in [9.17, 15) is 0 Å². The maximum atomic E-state index is 5.75. The molecule has 2 aromatic rings. The van der Waals surface area contributed by atoms with Gasteiger partial charge in [0.25, 0.3) is 0 Å². The van der Waals surface area contributed by atoms with Crippen molar-refractivity contribution in [2.24, 2.45) is 12.9 Å². The Morgan fingerprint density at radius 2 is 2.15 bits per heavy atom. The molecule has 2 rings (SSSR count).